The fourth-order valence-corrected chi connectivity index (χ4v) is 1.96. The monoisotopic (exact) mass is 247 g/mol. The SMILES string of the molecule is O=C(Cc1cn2ccccc2n1)N1C[C@H](O)CO1. The number of aliphatic hydroxyl groups is 1. The van der Waals surface area contributed by atoms with Crippen LogP contribution in [0.1, 0.15) is 5.69 Å². The molecule has 94 valence electrons. The van der Waals surface area contributed by atoms with E-state index >= 15 is 0 Å². The zero-order chi connectivity index (χ0) is 12.5. The second-order valence-corrected chi connectivity index (χ2v) is 4.28. The Morgan fingerprint density at radius 1 is 1.56 bits per heavy atom. The van der Waals surface area contributed by atoms with Crippen LogP contribution in [0.5, 0.6) is 0 Å². The molecule has 2 aromatic heterocycles. The first-order valence-electron chi connectivity index (χ1n) is 5.76. The number of hydrogen-bond acceptors (Lipinski definition) is 4. The molecule has 3 heterocycles. The summed E-state index contributed by atoms with van der Waals surface area (Å²) in [5.41, 5.74) is 1.50. The van der Waals surface area contributed by atoms with Crippen molar-refractivity contribution in [2.75, 3.05) is 13.2 Å². The van der Waals surface area contributed by atoms with Crippen LogP contribution in [-0.2, 0) is 16.1 Å². The predicted octanol–water partition coefficient (Wildman–Crippen LogP) is 0.0115. The number of hydrogen-bond donors (Lipinski definition) is 1. The maximum atomic E-state index is 11.9. The van der Waals surface area contributed by atoms with Crippen molar-refractivity contribution in [3.8, 4) is 0 Å². The first kappa shape index (κ1) is 11.2. The van der Waals surface area contributed by atoms with Crippen LogP contribution in [0, 0.1) is 0 Å². The Kier molecular flexibility index (Phi) is 2.73. The van der Waals surface area contributed by atoms with Crippen LogP contribution in [0.2, 0.25) is 0 Å². The lowest BCUT2D eigenvalue weighted by Crippen LogP contribution is -2.29. The molecule has 0 aromatic carbocycles. The van der Waals surface area contributed by atoms with E-state index in [1.807, 2.05) is 35.0 Å². The molecule has 1 N–H and O–H groups in total. The first-order valence-corrected chi connectivity index (χ1v) is 5.76. The van der Waals surface area contributed by atoms with Gasteiger partial charge in [0.1, 0.15) is 12.3 Å². The second kappa shape index (κ2) is 4.40. The van der Waals surface area contributed by atoms with Crippen LogP contribution in [0.15, 0.2) is 30.6 Å². The number of amides is 1. The van der Waals surface area contributed by atoms with Crippen LogP contribution in [0.25, 0.3) is 5.65 Å². The lowest BCUT2D eigenvalue weighted by Gasteiger charge is -2.12. The minimum Gasteiger partial charge on any atom is -0.389 e. The smallest absolute Gasteiger partial charge is 0.252 e. The first-order chi connectivity index (χ1) is 8.72. The van der Waals surface area contributed by atoms with Gasteiger partial charge in [-0.1, -0.05) is 6.07 Å². The summed E-state index contributed by atoms with van der Waals surface area (Å²) in [6.45, 7) is 0.406. The summed E-state index contributed by atoms with van der Waals surface area (Å²) in [6.07, 6.45) is 3.29. The summed E-state index contributed by atoms with van der Waals surface area (Å²) < 4.78 is 1.86. The van der Waals surface area contributed by atoms with Crippen molar-refractivity contribution in [3.63, 3.8) is 0 Å². The average molecular weight is 247 g/mol. The van der Waals surface area contributed by atoms with Gasteiger partial charge < -0.3 is 9.51 Å². The largest absolute Gasteiger partial charge is 0.389 e. The van der Waals surface area contributed by atoms with Gasteiger partial charge >= 0.3 is 0 Å². The molecule has 1 aliphatic heterocycles. The Labute approximate surface area is 103 Å². The molecule has 3 rings (SSSR count). The van der Waals surface area contributed by atoms with Crippen molar-refractivity contribution in [2.24, 2.45) is 0 Å². The highest BCUT2D eigenvalue weighted by Crippen LogP contribution is 2.10. The summed E-state index contributed by atoms with van der Waals surface area (Å²) >= 11 is 0. The zero-order valence-corrected chi connectivity index (χ0v) is 9.69. The number of aromatic nitrogens is 2. The number of pyridine rings is 1. The van der Waals surface area contributed by atoms with Crippen LogP contribution < -0.4 is 0 Å². The van der Waals surface area contributed by atoms with Gasteiger partial charge in [-0.2, -0.15) is 0 Å². The molecule has 1 fully saturated rings. The van der Waals surface area contributed by atoms with Gasteiger partial charge in [-0.25, -0.2) is 10.0 Å². The van der Waals surface area contributed by atoms with Gasteiger partial charge in [0.25, 0.3) is 5.91 Å². The van der Waals surface area contributed by atoms with Gasteiger partial charge in [0.15, 0.2) is 0 Å². The van der Waals surface area contributed by atoms with E-state index in [0.717, 1.165) is 5.65 Å². The molecular formula is C12H13N3O3. The minimum atomic E-state index is -0.588. The highest BCUT2D eigenvalue weighted by atomic mass is 16.7. The molecule has 6 heteroatoms. The van der Waals surface area contributed by atoms with E-state index in [4.69, 9.17) is 4.84 Å². The number of imidazole rings is 1. The van der Waals surface area contributed by atoms with Gasteiger partial charge in [-0.05, 0) is 12.1 Å². The summed E-state index contributed by atoms with van der Waals surface area (Å²) in [6, 6.07) is 5.68. The van der Waals surface area contributed by atoms with E-state index in [1.54, 1.807) is 0 Å². The predicted molar refractivity (Wildman–Crippen MR) is 62.6 cm³/mol. The third-order valence-corrected chi connectivity index (χ3v) is 2.82. The van der Waals surface area contributed by atoms with E-state index in [0.29, 0.717) is 5.69 Å². The third kappa shape index (κ3) is 2.07. The molecule has 1 amide bonds. The maximum Gasteiger partial charge on any atom is 0.252 e. The molecule has 1 aliphatic rings. The third-order valence-electron chi connectivity index (χ3n) is 2.82. The fraction of sp³-hybridized carbons (Fsp3) is 0.333. The van der Waals surface area contributed by atoms with Gasteiger partial charge in [-0.15, -0.1) is 0 Å². The number of carbonyl (C=O) groups excluding carboxylic acids is 1. The number of nitrogens with zero attached hydrogens (tertiary/aromatic N) is 3. The number of hydroxylamine groups is 2. The highest BCUT2D eigenvalue weighted by molar-refractivity contribution is 5.77. The second-order valence-electron chi connectivity index (χ2n) is 4.28. The lowest BCUT2D eigenvalue weighted by molar-refractivity contribution is -0.168. The van der Waals surface area contributed by atoms with Gasteiger partial charge in [-0.3, -0.25) is 9.63 Å². The Morgan fingerprint density at radius 3 is 3.17 bits per heavy atom. The molecule has 18 heavy (non-hydrogen) atoms. The zero-order valence-electron chi connectivity index (χ0n) is 9.69. The van der Waals surface area contributed by atoms with Crippen LogP contribution in [0.3, 0.4) is 0 Å². The van der Waals surface area contributed by atoms with E-state index in [9.17, 15) is 9.90 Å². The number of fused-ring (bicyclic) bond motifs is 1. The molecule has 1 saturated heterocycles. The molecule has 0 bridgehead atoms. The maximum absolute atomic E-state index is 11.9. The van der Waals surface area contributed by atoms with Crippen LogP contribution >= 0.6 is 0 Å². The van der Waals surface area contributed by atoms with Crippen molar-refractivity contribution < 1.29 is 14.7 Å². The van der Waals surface area contributed by atoms with Gasteiger partial charge in [0.05, 0.1) is 24.8 Å². The Hall–Kier alpha value is -1.92. The number of aliphatic hydroxyl groups excluding tert-OH is 1. The Balaban J connectivity index is 1.74. The normalized spacial score (nSPS) is 19.6. The summed E-state index contributed by atoms with van der Waals surface area (Å²) in [4.78, 5) is 21.3. The Morgan fingerprint density at radius 2 is 2.44 bits per heavy atom. The van der Waals surface area contributed by atoms with Crippen molar-refractivity contribution in [1.82, 2.24) is 14.4 Å². The molecule has 0 aliphatic carbocycles. The average Bonchev–Trinajstić information content (AvgIpc) is 2.94. The minimum absolute atomic E-state index is 0.175. The molecule has 1 atom stereocenters. The molecule has 0 radical (unpaired) electrons. The standard InChI is InChI=1S/C12H13N3O3/c16-10-7-15(18-8-10)12(17)5-9-6-14-4-2-1-3-11(14)13-9/h1-4,6,10,16H,5,7-8H2/t10-/m0/s1. The van der Waals surface area contributed by atoms with E-state index < -0.39 is 6.10 Å². The molecule has 0 spiro atoms. The van der Waals surface area contributed by atoms with Gasteiger partial charge in [0, 0.05) is 12.4 Å². The van der Waals surface area contributed by atoms with E-state index in [-0.39, 0.29) is 25.5 Å². The number of β-amino-alcohol motifs (C(OH)–C–C–N with tert-alkyl or cyclic N) is 1. The van der Waals surface area contributed by atoms with E-state index in [2.05, 4.69) is 4.98 Å². The number of rotatable bonds is 2. The molecule has 0 saturated carbocycles. The quantitative estimate of drug-likeness (QED) is 0.812. The topological polar surface area (TPSA) is 67.1 Å². The van der Waals surface area contributed by atoms with Crippen molar-refractivity contribution >= 4 is 11.6 Å². The molecule has 6 nitrogen and oxygen atoms in total. The summed E-state index contributed by atoms with van der Waals surface area (Å²) in [5.74, 6) is -0.185. The molecule has 2 aromatic rings. The highest BCUT2D eigenvalue weighted by Gasteiger charge is 2.26. The molecular weight excluding hydrogens is 234 g/mol. The van der Waals surface area contributed by atoms with Gasteiger partial charge in [0.2, 0.25) is 0 Å². The van der Waals surface area contributed by atoms with Crippen molar-refractivity contribution in [3.05, 3.63) is 36.3 Å². The van der Waals surface area contributed by atoms with Crippen molar-refractivity contribution in [1.29, 1.82) is 0 Å². The summed E-state index contributed by atoms with van der Waals surface area (Å²) in [5, 5.41) is 10.5. The molecule has 0 unspecified atom stereocenters. The lowest BCUT2D eigenvalue weighted by atomic mass is 10.3. The number of carbonyl (C=O) groups is 1. The van der Waals surface area contributed by atoms with Crippen molar-refractivity contribution in [2.45, 2.75) is 12.5 Å². The van der Waals surface area contributed by atoms with Crippen LogP contribution in [0.4, 0.5) is 0 Å². The summed E-state index contributed by atoms with van der Waals surface area (Å²) in [7, 11) is 0. The van der Waals surface area contributed by atoms with E-state index in [1.165, 1.54) is 5.06 Å². The fourth-order valence-electron chi connectivity index (χ4n) is 1.96. The Bertz CT molecular complexity index is 548. The van der Waals surface area contributed by atoms with Crippen LogP contribution in [-0.4, -0.2) is 44.7 Å².